The van der Waals surface area contributed by atoms with Crippen molar-refractivity contribution in [3.63, 3.8) is 0 Å². The van der Waals surface area contributed by atoms with Crippen LogP contribution in [0.5, 0.6) is 5.75 Å². The molecular formula is C25H24N2O3. The van der Waals surface area contributed by atoms with E-state index in [1.807, 2.05) is 54.6 Å². The number of hydrogen-bond donors (Lipinski definition) is 2. The fraction of sp³-hybridized carbons (Fsp3) is 0.160. The summed E-state index contributed by atoms with van der Waals surface area (Å²) in [6, 6.07) is 21.6. The van der Waals surface area contributed by atoms with Gasteiger partial charge in [-0.2, -0.15) is 0 Å². The summed E-state index contributed by atoms with van der Waals surface area (Å²) in [5.74, 6) is 0.440. The maximum absolute atomic E-state index is 12.7. The van der Waals surface area contributed by atoms with Crippen molar-refractivity contribution in [1.29, 1.82) is 0 Å². The van der Waals surface area contributed by atoms with Crippen molar-refractivity contribution in [2.24, 2.45) is 0 Å². The second-order valence-corrected chi connectivity index (χ2v) is 7.09. The first kappa shape index (κ1) is 19.6. The lowest BCUT2D eigenvalue weighted by Crippen LogP contribution is -2.06. The van der Waals surface area contributed by atoms with E-state index in [4.69, 9.17) is 15.2 Å². The Bertz CT molecular complexity index is 1210. The Morgan fingerprint density at radius 1 is 1.03 bits per heavy atom. The molecule has 4 rings (SSSR count). The second kappa shape index (κ2) is 8.33. The van der Waals surface area contributed by atoms with Crippen molar-refractivity contribution < 1.29 is 14.3 Å². The van der Waals surface area contributed by atoms with E-state index in [-0.39, 0.29) is 5.97 Å². The number of carbonyl (C=O) groups is 1. The normalized spacial score (nSPS) is 10.9. The molecule has 0 radical (unpaired) electrons. The summed E-state index contributed by atoms with van der Waals surface area (Å²) < 4.78 is 10.7. The number of nitrogens with two attached hydrogens (primary N) is 1. The SMILES string of the molecule is CCOC(=O)c1[nH]c2cccc(Cc3cccc(OC)c3)c2c1-c1cccc(N)c1. The van der Waals surface area contributed by atoms with Gasteiger partial charge in [-0.05, 0) is 60.4 Å². The van der Waals surface area contributed by atoms with Gasteiger partial charge in [-0.25, -0.2) is 4.79 Å². The summed E-state index contributed by atoms with van der Waals surface area (Å²) >= 11 is 0. The Balaban J connectivity index is 1.93. The molecule has 0 spiro atoms. The van der Waals surface area contributed by atoms with Gasteiger partial charge in [-0.1, -0.05) is 36.4 Å². The lowest BCUT2D eigenvalue weighted by molar-refractivity contribution is 0.0521. The quantitative estimate of drug-likeness (QED) is 0.345. The number of hydrogen-bond acceptors (Lipinski definition) is 4. The third-order valence-corrected chi connectivity index (χ3v) is 5.09. The Labute approximate surface area is 175 Å². The molecule has 0 fully saturated rings. The summed E-state index contributed by atoms with van der Waals surface area (Å²) in [7, 11) is 1.66. The first-order chi connectivity index (χ1) is 14.6. The van der Waals surface area contributed by atoms with Crippen LogP contribution in [0.2, 0.25) is 0 Å². The second-order valence-electron chi connectivity index (χ2n) is 7.09. The van der Waals surface area contributed by atoms with Crippen LogP contribution in [0, 0.1) is 0 Å². The van der Waals surface area contributed by atoms with Crippen LogP contribution < -0.4 is 10.5 Å². The average molecular weight is 400 g/mol. The van der Waals surface area contributed by atoms with E-state index >= 15 is 0 Å². The molecule has 0 aliphatic rings. The molecule has 4 aromatic rings. The summed E-state index contributed by atoms with van der Waals surface area (Å²) in [4.78, 5) is 16.0. The highest BCUT2D eigenvalue weighted by Crippen LogP contribution is 2.37. The van der Waals surface area contributed by atoms with Crippen molar-refractivity contribution in [1.82, 2.24) is 4.98 Å². The number of aromatic nitrogens is 1. The highest BCUT2D eigenvalue weighted by atomic mass is 16.5. The van der Waals surface area contributed by atoms with Gasteiger partial charge in [-0.3, -0.25) is 0 Å². The zero-order valence-corrected chi connectivity index (χ0v) is 17.1. The highest BCUT2D eigenvalue weighted by molar-refractivity contribution is 6.09. The highest BCUT2D eigenvalue weighted by Gasteiger charge is 2.22. The van der Waals surface area contributed by atoms with Crippen molar-refractivity contribution in [3.05, 3.63) is 83.6 Å². The van der Waals surface area contributed by atoms with Gasteiger partial charge in [0.1, 0.15) is 11.4 Å². The number of methoxy groups -OCH3 is 1. The molecule has 1 heterocycles. The van der Waals surface area contributed by atoms with E-state index in [9.17, 15) is 4.79 Å². The molecule has 0 bridgehead atoms. The predicted molar refractivity (Wildman–Crippen MR) is 120 cm³/mol. The van der Waals surface area contributed by atoms with Gasteiger partial charge < -0.3 is 20.2 Å². The Kier molecular flexibility index (Phi) is 5.44. The lowest BCUT2D eigenvalue weighted by atomic mass is 9.94. The molecule has 3 N–H and O–H groups in total. The van der Waals surface area contributed by atoms with Crippen molar-refractivity contribution >= 4 is 22.6 Å². The number of nitrogens with one attached hydrogen (secondary N) is 1. The number of nitrogen functional groups attached to an aromatic ring is 1. The minimum atomic E-state index is -0.376. The average Bonchev–Trinajstić information content (AvgIpc) is 3.15. The molecular weight excluding hydrogens is 376 g/mol. The van der Waals surface area contributed by atoms with Gasteiger partial charge in [0, 0.05) is 22.2 Å². The maximum atomic E-state index is 12.7. The number of rotatable bonds is 6. The molecule has 1 aromatic heterocycles. The Morgan fingerprint density at radius 3 is 2.60 bits per heavy atom. The van der Waals surface area contributed by atoms with E-state index in [1.54, 1.807) is 14.0 Å². The molecule has 30 heavy (non-hydrogen) atoms. The molecule has 0 atom stereocenters. The lowest BCUT2D eigenvalue weighted by Gasteiger charge is -2.10. The van der Waals surface area contributed by atoms with Gasteiger partial charge in [0.2, 0.25) is 0 Å². The monoisotopic (exact) mass is 400 g/mol. The fourth-order valence-electron chi connectivity index (χ4n) is 3.81. The molecule has 5 nitrogen and oxygen atoms in total. The number of H-pyrrole nitrogens is 1. The van der Waals surface area contributed by atoms with Crippen molar-refractivity contribution in [2.75, 3.05) is 19.5 Å². The summed E-state index contributed by atoms with van der Waals surface area (Å²) in [6.07, 6.45) is 0.698. The van der Waals surface area contributed by atoms with Gasteiger partial charge >= 0.3 is 5.97 Å². The smallest absolute Gasteiger partial charge is 0.355 e. The maximum Gasteiger partial charge on any atom is 0.355 e. The molecule has 152 valence electrons. The number of aromatic amines is 1. The number of fused-ring (bicyclic) bond motifs is 1. The van der Waals surface area contributed by atoms with Crippen molar-refractivity contribution in [2.45, 2.75) is 13.3 Å². The summed E-state index contributed by atoms with van der Waals surface area (Å²) in [5, 5.41) is 0.994. The third-order valence-electron chi connectivity index (χ3n) is 5.09. The number of ether oxygens (including phenoxy) is 2. The first-order valence-electron chi connectivity index (χ1n) is 9.90. The van der Waals surface area contributed by atoms with E-state index in [0.717, 1.165) is 38.9 Å². The number of anilines is 1. The van der Waals surface area contributed by atoms with Crippen LogP contribution in [0.25, 0.3) is 22.0 Å². The fourth-order valence-corrected chi connectivity index (χ4v) is 3.81. The van der Waals surface area contributed by atoms with Crippen LogP contribution in [0.1, 0.15) is 28.5 Å². The minimum Gasteiger partial charge on any atom is -0.497 e. The predicted octanol–water partition coefficient (Wildman–Crippen LogP) is 5.19. The molecule has 0 saturated carbocycles. The van der Waals surface area contributed by atoms with Crippen LogP contribution in [-0.4, -0.2) is 24.7 Å². The summed E-state index contributed by atoms with van der Waals surface area (Å²) in [6.45, 7) is 2.11. The molecule has 0 aliphatic heterocycles. The van der Waals surface area contributed by atoms with E-state index in [2.05, 4.69) is 17.1 Å². The van der Waals surface area contributed by atoms with Crippen molar-refractivity contribution in [3.8, 4) is 16.9 Å². The van der Waals surface area contributed by atoms with Crippen LogP contribution in [0.4, 0.5) is 5.69 Å². The van der Waals surface area contributed by atoms with E-state index in [1.165, 1.54) is 0 Å². The topological polar surface area (TPSA) is 77.3 Å². The largest absolute Gasteiger partial charge is 0.497 e. The van der Waals surface area contributed by atoms with Gasteiger partial charge in [0.15, 0.2) is 0 Å². The number of carbonyl (C=O) groups excluding carboxylic acids is 1. The molecule has 5 heteroatoms. The molecule has 0 saturated heterocycles. The molecule has 0 aliphatic carbocycles. The van der Waals surface area contributed by atoms with Crippen LogP contribution in [0.15, 0.2) is 66.7 Å². The Hall–Kier alpha value is -3.73. The van der Waals surface area contributed by atoms with Crippen LogP contribution in [0.3, 0.4) is 0 Å². The standard InChI is InChI=1S/C25H24N2O3/c1-3-30-25(28)24-23(18-8-5-10-19(26)15-18)22-17(9-6-12-21(22)27-24)13-16-7-4-11-20(14-16)29-2/h4-12,14-15,27H,3,13,26H2,1-2H3. The van der Waals surface area contributed by atoms with E-state index in [0.29, 0.717) is 24.4 Å². The van der Waals surface area contributed by atoms with Crippen LogP contribution >= 0.6 is 0 Å². The minimum absolute atomic E-state index is 0.307. The zero-order valence-electron chi connectivity index (χ0n) is 17.1. The van der Waals surface area contributed by atoms with E-state index < -0.39 is 0 Å². The van der Waals surface area contributed by atoms with Gasteiger partial charge in [0.05, 0.1) is 13.7 Å². The number of esters is 1. The van der Waals surface area contributed by atoms with Crippen LogP contribution in [-0.2, 0) is 11.2 Å². The molecule has 0 amide bonds. The molecule has 0 unspecified atom stereocenters. The Morgan fingerprint density at radius 2 is 1.83 bits per heavy atom. The van der Waals surface area contributed by atoms with Gasteiger partial charge in [-0.15, -0.1) is 0 Å². The number of benzene rings is 3. The zero-order chi connectivity index (χ0) is 21.1. The third kappa shape index (κ3) is 3.74. The van der Waals surface area contributed by atoms with Gasteiger partial charge in [0.25, 0.3) is 0 Å². The molecule has 3 aromatic carbocycles. The first-order valence-corrected chi connectivity index (χ1v) is 9.90. The summed E-state index contributed by atoms with van der Waals surface area (Å²) in [5.41, 5.74) is 11.9.